The van der Waals surface area contributed by atoms with Crippen LogP contribution in [0, 0.1) is 12.7 Å². The molecule has 0 saturated carbocycles. The highest BCUT2D eigenvalue weighted by Crippen LogP contribution is 2.34. The Balaban J connectivity index is 1.88. The van der Waals surface area contributed by atoms with Gasteiger partial charge in [0.1, 0.15) is 11.5 Å². The summed E-state index contributed by atoms with van der Waals surface area (Å²) in [5.74, 6) is -0.558. The summed E-state index contributed by atoms with van der Waals surface area (Å²) in [7, 11) is 0. The Morgan fingerprint density at radius 3 is 2.84 bits per heavy atom. The molecule has 0 aliphatic carbocycles. The van der Waals surface area contributed by atoms with Gasteiger partial charge in [0, 0.05) is 24.6 Å². The van der Waals surface area contributed by atoms with Gasteiger partial charge in [-0.05, 0) is 31.5 Å². The number of amidine groups is 1. The second-order valence-electron chi connectivity index (χ2n) is 6.28. The topological polar surface area (TPSA) is 90.5 Å². The number of benzene rings is 1. The largest absolute Gasteiger partial charge is 0.465 e. The molecular formula is C18H19FN4O2. The van der Waals surface area contributed by atoms with Crippen LogP contribution in [0.4, 0.5) is 4.39 Å². The second kappa shape index (κ2) is 6.58. The highest BCUT2D eigenvalue weighted by molar-refractivity contribution is 5.95. The van der Waals surface area contributed by atoms with Crippen LogP contribution in [0.1, 0.15) is 40.7 Å². The van der Waals surface area contributed by atoms with E-state index >= 15 is 0 Å². The van der Waals surface area contributed by atoms with Gasteiger partial charge in [0.2, 0.25) is 0 Å². The fourth-order valence-electron chi connectivity index (χ4n) is 2.79. The molecule has 2 heterocycles. The minimum Gasteiger partial charge on any atom is -0.465 e. The first-order valence-corrected chi connectivity index (χ1v) is 7.96. The minimum absolute atomic E-state index is 0.0459. The molecule has 1 aromatic carbocycles. The average Bonchev–Trinajstić information content (AvgIpc) is 2.57. The molecule has 6 nitrogen and oxygen atoms in total. The third-order valence-electron chi connectivity index (χ3n) is 4.24. The van der Waals surface area contributed by atoms with Crippen LogP contribution < -0.4 is 5.73 Å². The summed E-state index contributed by atoms with van der Waals surface area (Å²) in [5.41, 5.74) is 6.95. The summed E-state index contributed by atoms with van der Waals surface area (Å²) < 4.78 is 19.5. The van der Waals surface area contributed by atoms with E-state index < -0.39 is 5.54 Å². The van der Waals surface area contributed by atoms with Crippen molar-refractivity contribution in [2.75, 3.05) is 6.61 Å². The molecule has 1 aliphatic heterocycles. The van der Waals surface area contributed by atoms with Crippen LogP contribution in [0.3, 0.4) is 0 Å². The van der Waals surface area contributed by atoms with Crippen LogP contribution in [0.2, 0.25) is 0 Å². The van der Waals surface area contributed by atoms with E-state index in [0.29, 0.717) is 24.2 Å². The lowest BCUT2D eigenvalue weighted by atomic mass is 9.87. The van der Waals surface area contributed by atoms with Crippen LogP contribution in [-0.2, 0) is 16.7 Å². The van der Waals surface area contributed by atoms with Crippen molar-refractivity contribution in [3.8, 4) is 0 Å². The summed E-state index contributed by atoms with van der Waals surface area (Å²) in [4.78, 5) is 24.8. The van der Waals surface area contributed by atoms with Crippen molar-refractivity contribution in [3.05, 3.63) is 58.9 Å². The fourth-order valence-corrected chi connectivity index (χ4v) is 2.79. The molecule has 130 valence electrons. The van der Waals surface area contributed by atoms with E-state index in [9.17, 15) is 9.18 Å². The molecule has 0 amide bonds. The van der Waals surface area contributed by atoms with E-state index in [1.807, 2.05) is 0 Å². The molecule has 3 rings (SSSR count). The van der Waals surface area contributed by atoms with Crippen molar-refractivity contribution in [2.24, 2.45) is 10.7 Å². The molecule has 1 aliphatic rings. The summed E-state index contributed by atoms with van der Waals surface area (Å²) in [6, 6.07) is 4.65. The third-order valence-corrected chi connectivity index (χ3v) is 4.24. The lowest BCUT2D eigenvalue weighted by molar-refractivity contribution is 0.0987. The molecule has 0 radical (unpaired) electrons. The molecule has 25 heavy (non-hydrogen) atoms. The number of carbonyl (C=O) groups excluding carboxylic acids is 1. The van der Waals surface area contributed by atoms with Gasteiger partial charge in [0.25, 0.3) is 6.02 Å². The van der Waals surface area contributed by atoms with E-state index in [-0.39, 0.29) is 29.7 Å². The molecular weight excluding hydrogens is 323 g/mol. The van der Waals surface area contributed by atoms with E-state index in [4.69, 9.17) is 10.5 Å². The number of halogens is 1. The Morgan fingerprint density at radius 1 is 1.36 bits per heavy atom. The normalized spacial score (nSPS) is 19.9. The van der Waals surface area contributed by atoms with Crippen molar-refractivity contribution in [1.29, 1.82) is 0 Å². The second-order valence-corrected chi connectivity index (χ2v) is 6.28. The molecule has 0 unspecified atom stereocenters. The maximum Gasteiger partial charge on any atom is 0.282 e. The number of nitrogens with two attached hydrogens (primary N) is 1. The number of carbonyl (C=O) groups is 1. The standard InChI is InChI=1S/C18H19FN4O2/c1-11-9-22-15(10-21-11)16(24)8-12-3-4-14(19)13(7-12)18(2)5-6-25-17(20)23-18/h3-4,7,9-10H,5-6,8H2,1-2H3,(H2,20,23)/t18-/m0/s1. The van der Waals surface area contributed by atoms with Crippen LogP contribution in [0.25, 0.3) is 0 Å². The number of aryl methyl sites for hydroxylation is 1. The molecule has 0 bridgehead atoms. The van der Waals surface area contributed by atoms with Crippen LogP contribution >= 0.6 is 0 Å². The van der Waals surface area contributed by atoms with Crippen molar-refractivity contribution in [3.63, 3.8) is 0 Å². The Kier molecular flexibility index (Phi) is 4.48. The average molecular weight is 342 g/mol. The highest BCUT2D eigenvalue weighted by atomic mass is 19.1. The predicted molar refractivity (Wildman–Crippen MR) is 90.7 cm³/mol. The molecule has 0 saturated heterocycles. The first-order chi connectivity index (χ1) is 11.9. The number of ether oxygens (including phenoxy) is 1. The van der Waals surface area contributed by atoms with Crippen LogP contribution in [0.15, 0.2) is 35.6 Å². The Bertz CT molecular complexity index is 835. The maximum absolute atomic E-state index is 14.4. The van der Waals surface area contributed by atoms with E-state index in [0.717, 1.165) is 5.69 Å². The smallest absolute Gasteiger partial charge is 0.282 e. The van der Waals surface area contributed by atoms with E-state index in [2.05, 4.69) is 15.0 Å². The number of Topliss-reactive ketones (excluding diaryl/α,β-unsaturated/α-hetero) is 1. The van der Waals surface area contributed by atoms with Gasteiger partial charge in [0.15, 0.2) is 5.78 Å². The number of hydrogen-bond acceptors (Lipinski definition) is 6. The minimum atomic E-state index is -0.810. The van der Waals surface area contributed by atoms with Gasteiger partial charge in [-0.1, -0.05) is 6.07 Å². The van der Waals surface area contributed by atoms with E-state index in [1.165, 1.54) is 12.3 Å². The van der Waals surface area contributed by atoms with Crippen molar-refractivity contribution in [2.45, 2.75) is 32.2 Å². The number of nitrogens with zero attached hydrogens (tertiary/aromatic N) is 3. The zero-order chi connectivity index (χ0) is 18.0. The van der Waals surface area contributed by atoms with Crippen LogP contribution in [-0.4, -0.2) is 28.4 Å². The van der Waals surface area contributed by atoms with Gasteiger partial charge in [-0.2, -0.15) is 0 Å². The number of aliphatic imine (C=N–C) groups is 1. The van der Waals surface area contributed by atoms with E-state index in [1.54, 1.807) is 32.2 Å². The molecule has 1 aromatic heterocycles. The number of rotatable bonds is 4. The van der Waals surface area contributed by atoms with Gasteiger partial charge < -0.3 is 10.5 Å². The fraction of sp³-hybridized carbons (Fsp3) is 0.333. The lowest BCUT2D eigenvalue weighted by Gasteiger charge is -2.30. The first-order valence-electron chi connectivity index (χ1n) is 7.96. The number of hydrogen-bond donors (Lipinski definition) is 1. The Hall–Kier alpha value is -2.83. The predicted octanol–water partition coefficient (Wildman–Crippen LogP) is 2.30. The van der Waals surface area contributed by atoms with Gasteiger partial charge >= 0.3 is 0 Å². The highest BCUT2D eigenvalue weighted by Gasteiger charge is 2.33. The third kappa shape index (κ3) is 3.65. The van der Waals surface area contributed by atoms with Crippen molar-refractivity contribution >= 4 is 11.8 Å². The summed E-state index contributed by atoms with van der Waals surface area (Å²) in [6.07, 6.45) is 3.61. The zero-order valence-corrected chi connectivity index (χ0v) is 14.1. The number of ketones is 1. The zero-order valence-electron chi connectivity index (χ0n) is 14.1. The monoisotopic (exact) mass is 342 g/mol. The Morgan fingerprint density at radius 2 is 2.16 bits per heavy atom. The summed E-state index contributed by atoms with van der Waals surface area (Å²) in [5, 5.41) is 0. The maximum atomic E-state index is 14.4. The first kappa shape index (κ1) is 17.0. The van der Waals surface area contributed by atoms with Crippen LogP contribution in [0.5, 0.6) is 0 Å². The molecule has 2 aromatic rings. The van der Waals surface area contributed by atoms with Gasteiger partial charge in [0.05, 0.1) is 24.0 Å². The Labute approximate surface area is 145 Å². The van der Waals surface area contributed by atoms with Crippen molar-refractivity contribution in [1.82, 2.24) is 9.97 Å². The molecule has 2 N–H and O–H groups in total. The quantitative estimate of drug-likeness (QED) is 0.861. The number of aromatic nitrogens is 2. The summed E-state index contributed by atoms with van der Waals surface area (Å²) >= 11 is 0. The molecule has 0 fully saturated rings. The van der Waals surface area contributed by atoms with Crippen molar-refractivity contribution < 1.29 is 13.9 Å². The SMILES string of the molecule is Cc1cnc(C(=O)Cc2ccc(F)c([C@]3(C)CCOC(N)=N3)c2)cn1. The molecule has 7 heteroatoms. The summed E-state index contributed by atoms with van der Waals surface area (Å²) in [6.45, 7) is 3.97. The van der Waals surface area contributed by atoms with Gasteiger partial charge in [-0.15, -0.1) is 0 Å². The lowest BCUT2D eigenvalue weighted by Crippen LogP contribution is -2.34. The van der Waals surface area contributed by atoms with Gasteiger partial charge in [-0.25, -0.2) is 14.4 Å². The van der Waals surface area contributed by atoms with Gasteiger partial charge in [-0.3, -0.25) is 9.78 Å². The molecule has 1 atom stereocenters. The molecule has 0 spiro atoms.